The van der Waals surface area contributed by atoms with Crippen LogP contribution < -0.4 is 51.4 Å². The van der Waals surface area contributed by atoms with Gasteiger partial charge in [0.25, 0.3) is 0 Å². The van der Waals surface area contributed by atoms with E-state index in [4.69, 9.17) is 10.3 Å². The van der Waals surface area contributed by atoms with Crippen LogP contribution in [0.2, 0.25) is 0 Å². The number of hydrogen-bond acceptors (Lipinski definition) is 3. The average Bonchev–Trinajstić information content (AvgIpc) is 1.65. The maximum absolute atomic E-state index is 9.61. The first-order chi connectivity index (χ1) is 3.66. The Bertz CT molecular complexity index is 106. The van der Waals surface area contributed by atoms with Crippen molar-refractivity contribution in [3.05, 3.63) is 0 Å². The molecule has 0 spiro atoms. The van der Waals surface area contributed by atoms with Gasteiger partial charge in [-0.2, -0.15) is 0 Å². The van der Waals surface area contributed by atoms with Crippen molar-refractivity contribution in [2.75, 3.05) is 6.54 Å². The molecule has 0 aliphatic heterocycles. The molecular formula is C3H5KNO4+. The molecule has 9 heavy (non-hydrogen) atoms. The van der Waals surface area contributed by atoms with E-state index in [-0.39, 0.29) is 62.9 Å². The van der Waals surface area contributed by atoms with Gasteiger partial charge in [-0.1, -0.05) is 0 Å². The molecule has 5 nitrogen and oxygen atoms in total. The van der Waals surface area contributed by atoms with Gasteiger partial charge < -0.3 is 5.11 Å². The van der Waals surface area contributed by atoms with Gasteiger partial charge in [0.1, 0.15) is 6.54 Å². The van der Waals surface area contributed by atoms with Gasteiger partial charge in [-0.25, -0.2) is 5.06 Å². The van der Waals surface area contributed by atoms with Gasteiger partial charge in [-0.3, -0.25) is 14.8 Å². The topological polar surface area (TPSA) is 77.8 Å². The minimum Gasteiger partial charge on any atom is -0.480 e. The average molecular weight is 158 g/mol. The largest absolute Gasteiger partial charge is 1.00 e. The number of hydrogen-bond donors (Lipinski definition) is 2. The fourth-order valence-corrected chi connectivity index (χ4v) is 0.176. The molecule has 0 unspecified atom stereocenters. The molecule has 0 fully saturated rings. The second kappa shape index (κ2) is 6.65. The number of nitrogens with zero attached hydrogens (tertiary/aromatic N) is 1. The van der Waals surface area contributed by atoms with Crippen LogP contribution in [0.3, 0.4) is 0 Å². The van der Waals surface area contributed by atoms with E-state index in [0.717, 1.165) is 0 Å². The molecule has 0 heterocycles. The summed E-state index contributed by atoms with van der Waals surface area (Å²) in [6.45, 7) is -0.677. The van der Waals surface area contributed by atoms with E-state index in [1.165, 1.54) is 0 Å². The quantitative estimate of drug-likeness (QED) is 0.189. The van der Waals surface area contributed by atoms with Gasteiger partial charge in [-0.15, -0.1) is 0 Å². The summed E-state index contributed by atoms with van der Waals surface area (Å²) in [5.41, 5.74) is 0. The van der Waals surface area contributed by atoms with Gasteiger partial charge in [0.05, 0.1) is 0 Å². The van der Waals surface area contributed by atoms with Crippen molar-refractivity contribution in [3.8, 4) is 0 Å². The Morgan fingerprint density at radius 2 is 2.11 bits per heavy atom. The molecule has 0 aliphatic rings. The summed E-state index contributed by atoms with van der Waals surface area (Å²) in [6.07, 6.45) is 0.0219. The van der Waals surface area contributed by atoms with Crippen molar-refractivity contribution >= 4 is 12.4 Å². The van der Waals surface area contributed by atoms with Gasteiger partial charge in [0.15, 0.2) is 0 Å². The number of carboxylic acids is 1. The minimum atomic E-state index is -1.25. The van der Waals surface area contributed by atoms with Crippen molar-refractivity contribution in [2.24, 2.45) is 0 Å². The van der Waals surface area contributed by atoms with Crippen LogP contribution in [-0.4, -0.2) is 34.3 Å². The molecule has 0 rings (SSSR count). The summed E-state index contributed by atoms with van der Waals surface area (Å²) >= 11 is 0. The van der Waals surface area contributed by atoms with E-state index in [9.17, 15) is 9.59 Å². The van der Waals surface area contributed by atoms with E-state index >= 15 is 0 Å². The molecule has 0 aromatic rings. The first-order valence-electron chi connectivity index (χ1n) is 1.79. The molecule has 0 aliphatic carbocycles. The first-order valence-corrected chi connectivity index (χ1v) is 1.79. The standard InChI is InChI=1S/C3H5NO4.K/c5-2-4(8)1-3(6)7;/h2,8H,1H2,(H,6,7);/q;+1. The van der Waals surface area contributed by atoms with Crippen LogP contribution in [0.25, 0.3) is 0 Å². The second-order valence-electron chi connectivity index (χ2n) is 1.10. The Kier molecular flexibility index (Phi) is 9.05. The number of amides is 1. The predicted octanol–water partition coefficient (Wildman–Crippen LogP) is -4.08. The SMILES string of the molecule is O=CN(O)CC(=O)O.[K+]. The maximum atomic E-state index is 9.61. The van der Waals surface area contributed by atoms with E-state index in [1.54, 1.807) is 0 Å². The fraction of sp³-hybridized carbons (Fsp3) is 0.333. The molecule has 0 bridgehead atoms. The number of rotatable bonds is 3. The maximum Gasteiger partial charge on any atom is 1.00 e. The molecule has 0 saturated carbocycles. The predicted molar refractivity (Wildman–Crippen MR) is 22.2 cm³/mol. The Hall–Kier alpha value is 0.536. The summed E-state index contributed by atoms with van der Waals surface area (Å²) in [6, 6.07) is 0. The second-order valence-corrected chi connectivity index (χ2v) is 1.10. The molecule has 0 aromatic heterocycles. The zero-order valence-electron chi connectivity index (χ0n) is 4.94. The third-order valence-corrected chi connectivity index (χ3v) is 0.419. The smallest absolute Gasteiger partial charge is 0.480 e. The van der Waals surface area contributed by atoms with Gasteiger partial charge in [-0.05, 0) is 0 Å². The zero-order valence-corrected chi connectivity index (χ0v) is 8.07. The van der Waals surface area contributed by atoms with E-state index in [0.29, 0.717) is 0 Å². The van der Waals surface area contributed by atoms with Crippen LogP contribution in [0.1, 0.15) is 0 Å². The van der Waals surface area contributed by atoms with Crippen LogP contribution in [0.5, 0.6) is 0 Å². The van der Waals surface area contributed by atoms with Crippen LogP contribution in [0, 0.1) is 0 Å². The molecule has 0 aromatic carbocycles. The van der Waals surface area contributed by atoms with Crippen LogP contribution in [0.4, 0.5) is 0 Å². The van der Waals surface area contributed by atoms with E-state index < -0.39 is 12.5 Å². The molecule has 0 atom stereocenters. The molecular weight excluding hydrogens is 153 g/mol. The number of carbonyl (C=O) groups is 2. The number of hydroxylamine groups is 2. The third-order valence-electron chi connectivity index (χ3n) is 0.419. The minimum absolute atomic E-state index is 0. The van der Waals surface area contributed by atoms with Crippen molar-refractivity contribution in [2.45, 2.75) is 0 Å². The summed E-state index contributed by atoms with van der Waals surface area (Å²) in [4.78, 5) is 19.1. The van der Waals surface area contributed by atoms with Crippen LogP contribution in [0.15, 0.2) is 0 Å². The van der Waals surface area contributed by atoms with Crippen molar-refractivity contribution in [1.29, 1.82) is 0 Å². The Balaban J connectivity index is 0. The molecule has 2 N–H and O–H groups in total. The molecule has 46 valence electrons. The molecule has 0 saturated heterocycles. The van der Waals surface area contributed by atoms with Gasteiger partial charge >= 0.3 is 57.4 Å². The van der Waals surface area contributed by atoms with Crippen molar-refractivity contribution in [1.82, 2.24) is 5.06 Å². The number of carboxylic acid groups (broad SMARTS) is 1. The zero-order chi connectivity index (χ0) is 6.57. The molecule has 1 amide bonds. The fourth-order valence-electron chi connectivity index (χ4n) is 0.176. The Labute approximate surface area is 94.0 Å². The number of carbonyl (C=O) groups excluding carboxylic acids is 1. The van der Waals surface area contributed by atoms with E-state index in [2.05, 4.69) is 0 Å². The van der Waals surface area contributed by atoms with Crippen molar-refractivity contribution in [3.63, 3.8) is 0 Å². The molecule has 6 heteroatoms. The Morgan fingerprint density at radius 1 is 1.67 bits per heavy atom. The monoisotopic (exact) mass is 158 g/mol. The van der Waals surface area contributed by atoms with E-state index in [1.807, 2.05) is 0 Å². The van der Waals surface area contributed by atoms with Crippen molar-refractivity contribution < 1.29 is 71.3 Å². The normalized spacial score (nSPS) is 7.22. The summed E-state index contributed by atoms with van der Waals surface area (Å²) < 4.78 is 0. The summed E-state index contributed by atoms with van der Waals surface area (Å²) in [5, 5.41) is 16.0. The van der Waals surface area contributed by atoms with Gasteiger partial charge in [0.2, 0.25) is 6.41 Å². The summed E-state index contributed by atoms with van der Waals surface area (Å²) in [5.74, 6) is -1.25. The number of aliphatic carboxylic acids is 1. The van der Waals surface area contributed by atoms with Crippen LogP contribution >= 0.6 is 0 Å². The Morgan fingerprint density at radius 3 is 2.22 bits per heavy atom. The summed E-state index contributed by atoms with van der Waals surface area (Å²) in [7, 11) is 0. The van der Waals surface area contributed by atoms with Crippen LogP contribution in [-0.2, 0) is 9.59 Å². The third kappa shape index (κ3) is 8.54. The van der Waals surface area contributed by atoms with Gasteiger partial charge in [0, 0.05) is 0 Å². The first kappa shape index (κ1) is 12.2. The molecule has 0 radical (unpaired) electrons.